The van der Waals surface area contributed by atoms with Gasteiger partial charge in [-0.05, 0) is 39.7 Å². The van der Waals surface area contributed by atoms with Gasteiger partial charge in [-0.25, -0.2) is 4.79 Å². The van der Waals surface area contributed by atoms with Gasteiger partial charge in [0, 0.05) is 11.6 Å². The van der Waals surface area contributed by atoms with Crippen molar-refractivity contribution in [3.63, 3.8) is 0 Å². The first-order valence-corrected chi connectivity index (χ1v) is 6.32. The third-order valence-electron chi connectivity index (χ3n) is 2.76. The van der Waals surface area contributed by atoms with Gasteiger partial charge in [-0.3, -0.25) is 5.10 Å². The molecule has 102 valence electrons. The van der Waals surface area contributed by atoms with Crippen molar-refractivity contribution in [1.82, 2.24) is 10.2 Å². The average molecular weight is 254 g/mol. The number of esters is 1. The summed E-state index contributed by atoms with van der Waals surface area (Å²) in [7, 11) is 0. The van der Waals surface area contributed by atoms with Crippen molar-refractivity contribution in [2.24, 2.45) is 0 Å². The molecule has 0 spiro atoms. The number of hydrogen-bond acceptors (Lipinski definition) is 4. The van der Waals surface area contributed by atoms with Crippen LogP contribution in [0.1, 0.15) is 62.6 Å². The number of aromatic nitrogens is 2. The van der Waals surface area contributed by atoms with Crippen LogP contribution in [-0.2, 0) is 4.74 Å². The minimum Gasteiger partial charge on any atom is -0.461 e. The van der Waals surface area contributed by atoms with Crippen molar-refractivity contribution in [2.45, 2.75) is 52.1 Å². The van der Waals surface area contributed by atoms with Gasteiger partial charge in [0.2, 0.25) is 0 Å². The number of carbonyl (C=O) groups is 1. The fourth-order valence-electron chi connectivity index (χ4n) is 1.93. The molecule has 1 rings (SSSR count). The molecule has 0 aliphatic heterocycles. The second-order valence-electron chi connectivity index (χ2n) is 5.05. The van der Waals surface area contributed by atoms with Gasteiger partial charge in [0.15, 0.2) is 5.69 Å². The molecule has 0 saturated carbocycles. The van der Waals surface area contributed by atoms with Crippen LogP contribution in [0.25, 0.3) is 0 Å². The van der Waals surface area contributed by atoms with E-state index in [1.165, 1.54) is 0 Å². The molecule has 2 N–H and O–H groups in total. The van der Waals surface area contributed by atoms with E-state index in [1.807, 2.05) is 6.92 Å². The summed E-state index contributed by atoms with van der Waals surface area (Å²) < 4.78 is 4.88. The van der Waals surface area contributed by atoms with Crippen LogP contribution >= 0.6 is 0 Å². The Morgan fingerprint density at radius 3 is 2.72 bits per heavy atom. The van der Waals surface area contributed by atoms with Gasteiger partial charge in [0.1, 0.15) is 0 Å². The maximum absolute atomic E-state index is 11.5. The summed E-state index contributed by atoms with van der Waals surface area (Å²) in [5.74, 6) is -0.265. The van der Waals surface area contributed by atoms with Crippen LogP contribution in [0.5, 0.6) is 0 Å². The highest BCUT2D eigenvalue weighted by atomic mass is 16.5. The van der Waals surface area contributed by atoms with Gasteiger partial charge in [0.25, 0.3) is 0 Å². The van der Waals surface area contributed by atoms with Gasteiger partial charge in [-0.2, -0.15) is 5.10 Å². The Bertz CT molecular complexity index is 393. The van der Waals surface area contributed by atoms with Crippen molar-refractivity contribution in [1.29, 1.82) is 0 Å². The molecule has 1 heterocycles. The number of carbonyl (C=O) groups excluding carboxylic acids is 1. The summed E-state index contributed by atoms with van der Waals surface area (Å²) in [5.41, 5.74) is 0.416. The summed E-state index contributed by atoms with van der Waals surface area (Å²) in [6.45, 7) is 7.69. The highest BCUT2D eigenvalue weighted by Crippen LogP contribution is 2.27. The first-order valence-electron chi connectivity index (χ1n) is 6.32. The highest BCUT2D eigenvalue weighted by Gasteiger charge is 2.23. The molecule has 1 aromatic heterocycles. The lowest BCUT2D eigenvalue weighted by Crippen LogP contribution is -2.22. The Kier molecular flexibility index (Phi) is 4.90. The zero-order valence-corrected chi connectivity index (χ0v) is 11.5. The van der Waals surface area contributed by atoms with E-state index in [4.69, 9.17) is 4.74 Å². The summed E-state index contributed by atoms with van der Waals surface area (Å²) in [5, 5.41) is 16.7. The van der Waals surface area contributed by atoms with Gasteiger partial charge >= 0.3 is 5.97 Å². The van der Waals surface area contributed by atoms with Crippen molar-refractivity contribution in [3.05, 3.63) is 17.5 Å². The van der Waals surface area contributed by atoms with Crippen LogP contribution in [0.2, 0.25) is 0 Å². The van der Waals surface area contributed by atoms with Crippen molar-refractivity contribution in [3.8, 4) is 0 Å². The topological polar surface area (TPSA) is 75.2 Å². The van der Waals surface area contributed by atoms with Gasteiger partial charge in [-0.15, -0.1) is 0 Å². The SMILES string of the molecule is CCOC(=O)c1cc(C(CC)CC(C)(C)O)[nH]n1. The molecule has 0 amide bonds. The van der Waals surface area contributed by atoms with Crippen LogP contribution in [0.4, 0.5) is 0 Å². The number of aliphatic hydroxyl groups is 1. The molecule has 1 unspecified atom stereocenters. The second-order valence-corrected chi connectivity index (χ2v) is 5.05. The van der Waals surface area contributed by atoms with E-state index in [1.54, 1.807) is 26.8 Å². The molecule has 5 nitrogen and oxygen atoms in total. The minimum atomic E-state index is -0.740. The predicted molar refractivity (Wildman–Crippen MR) is 68.5 cm³/mol. The first kappa shape index (κ1) is 14.7. The summed E-state index contributed by atoms with van der Waals surface area (Å²) in [4.78, 5) is 11.5. The Labute approximate surface area is 108 Å². The fourth-order valence-corrected chi connectivity index (χ4v) is 1.93. The predicted octanol–water partition coefficient (Wildman–Crippen LogP) is 2.24. The Morgan fingerprint density at radius 1 is 1.56 bits per heavy atom. The maximum atomic E-state index is 11.5. The molecule has 0 bridgehead atoms. The van der Waals surface area contributed by atoms with Crippen molar-refractivity contribution < 1.29 is 14.6 Å². The van der Waals surface area contributed by atoms with E-state index >= 15 is 0 Å². The Morgan fingerprint density at radius 2 is 2.22 bits per heavy atom. The third-order valence-corrected chi connectivity index (χ3v) is 2.76. The van der Waals surface area contributed by atoms with Crippen LogP contribution in [0, 0.1) is 0 Å². The number of hydrogen-bond donors (Lipinski definition) is 2. The van der Waals surface area contributed by atoms with Gasteiger partial charge < -0.3 is 9.84 Å². The maximum Gasteiger partial charge on any atom is 0.358 e. The first-order chi connectivity index (χ1) is 8.37. The molecule has 0 aliphatic rings. The standard InChI is InChI=1S/C13H22N2O3/c1-5-9(8-13(3,4)17)10-7-11(15-14-10)12(16)18-6-2/h7,9,17H,5-6,8H2,1-4H3,(H,14,15). The highest BCUT2D eigenvalue weighted by molar-refractivity contribution is 5.87. The molecule has 0 fully saturated rings. The number of rotatable bonds is 6. The van der Waals surface area contributed by atoms with E-state index in [0.717, 1.165) is 12.1 Å². The quantitative estimate of drug-likeness (QED) is 0.763. The molecule has 18 heavy (non-hydrogen) atoms. The number of nitrogens with zero attached hydrogens (tertiary/aromatic N) is 1. The number of H-pyrrole nitrogens is 1. The minimum absolute atomic E-state index is 0.153. The summed E-state index contributed by atoms with van der Waals surface area (Å²) in [6.07, 6.45) is 1.49. The van der Waals surface area contributed by atoms with E-state index < -0.39 is 11.6 Å². The lowest BCUT2D eigenvalue weighted by atomic mass is 9.89. The third kappa shape index (κ3) is 4.14. The van der Waals surface area contributed by atoms with E-state index in [-0.39, 0.29) is 5.92 Å². The molecular formula is C13H22N2O3. The summed E-state index contributed by atoms with van der Waals surface area (Å²) >= 11 is 0. The van der Waals surface area contributed by atoms with Gasteiger partial charge in [0.05, 0.1) is 12.2 Å². The van der Waals surface area contributed by atoms with Crippen LogP contribution in [0.15, 0.2) is 6.07 Å². The molecule has 5 heteroatoms. The zero-order chi connectivity index (χ0) is 13.8. The van der Waals surface area contributed by atoms with E-state index in [9.17, 15) is 9.90 Å². The molecule has 0 radical (unpaired) electrons. The molecule has 0 saturated heterocycles. The molecule has 0 aromatic carbocycles. The van der Waals surface area contributed by atoms with Crippen molar-refractivity contribution in [2.75, 3.05) is 6.61 Å². The smallest absolute Gasteiger partial charge is 0.358 e. The molecule has 1 aromatic rings. The Hall–Kier alpha value is -1.36. The lowest BCUT2D eigenvalue weighted by Gasteiger charge is -2.23. The average Bonchev–Trinajstić information content (AvgIpc) is 2.74. The molecule has 1 atom stereocenters. The van der Waals surface area contributed by atoms with E-state index in [0.29, 0.717) is 18.7 Å². The normalized spacial score (nSPS) is 13.4. The lowest BCUT2D eigenvalue weighted by molar-refractivity contribution is 0.0519. The van der Waals surface area contributed by atoms with Crippen LogP contribution < -0.4 is 0 Å². The van der Waals surface area contributed by atoms with Crippen LogP contribution in [-0.4, -0.2) is 33.5 Å². The second kappa shape index (κ2) is 6.00. The van der Waals surface area contributed by atoms with Gasteiger partial charge in [-0.1, -0.05) is 6.92 Å². The summed E-state index contributed by atoms with van der Waals surface area (Å²) in [6, 6.07) is 1.71. The fraction of sp³-hybridized carbons (Fsp3) is 0.692. The van der Waals surface area contributed by atoms with E-state index in [2.05, 4.69) is 10.2 Å². The van der Waals surface area contributed by atoms with Crippen molar-refractivity contribution >= 4 is 5.97 Å². The molecular weight excluding hydrogens is 232 g/mol. The molecule has 0 aliphatic carbocycles. The zero-order valence-electron chi connectivity index (χ0n) is 11.5. The number of ether oxygens (including phenoxy) is 1. The largest absolute Gasteiger partial charge is 0.461 e. The monoisotopic (exact) mass is 254 g/mol. The number of nitrogens with one attached hydrogen (secondary N) is 1. The number of aromatic amines is 1. The van der Waals surface area contributed by atoms with Crippen LogP contribution in [0.3, 0.4) is 0 Å². The Balaban J connectivity index is 2.79.